The van der Waals surface area contributed by atoms with Crippen LogP contribution in [-0.2, 0) is 9.47 Å². The lowest BCUT2D eigenvalue weighted by atomic mass is 9.72. The van der Waals surface area contributed by atoms with Gasteiger partial charge < -0.3 is 9.47 Å². The van der Waals surface area contributed by atoms with Gasteiger partial charge in [-0.05, 0) is 36.5 Å². The molecule has 0 amide bonds. The van der Waals surface area contributed by atoms with Crippen molar-refractivity contribution in [2.24, 2.45) is 29.6 Å². The third kappa shape index (κ3) is 3.15. The van der Waals surface area contributed by atoms with Gasteiger partial charge in [0.15, 0.2) is 0 Å². The topological polar surface area (TPSA) is 18.5 Å². The Morgan fingerprint density at radius 3 is 2.59 bits per heavy atom. The molecule has 0 N–H and O–H groups in total. The average molecular weight is 320 g/mol. The molecule has 2 saturated carbocycles. The third-order valence-electron chi connectivity index (χ3n) is 5.26. The second kappa shape index (κ2) is 7.45. The van der Waals surface area contributed by atoms with Crippen molar-refractivity contribution in [1.29, 1.82) is 0 Å². The SMILES string of the molecule is C=CC(=C)OC1C(C)C2CC1C(C(=C)OCCSC)C2C=C. The maximum atomic E-state index is 6.06. The van der Waals surface area contributed by atoms with Crippen molar-refractivity contribution in [1.82, 2.24) is 0 Å². The van der Waals surface area contributed by atoms with E-state index in [4.69, 9.17) is 9.47 Å². The first kappa shape index (κ1) is 17.3. The minimum absolute atomic E-state index is 0.178. The molecular weight excluding hydrogens is 292 g/mol. The molecule has 2 aliphatic rings. The molecule has 0 aromatic heterocycles. The predicted molar refractivity (Wildman–Crippen MR) is 95.6 cm³/mol. The van der Waals surface area contributed by atoms with Crippen molar-refractivity contribution in [3.05, 3.63) is 50.0 Å². The van der Waals surface area contributed by atoms with Crippen LogP contribution in [0.4, 0.5) is 0 Å². The largest absolute Gasteiger partial charge is 0.497 e. The van der Waals surface area contributed by atoms with E-state index >= 15 is 0 Å². The van der Waals surface area contributed by atoms with Gasteiger partial charge in [-0.3, -0.25) is 0 Å². The van der Waals surface area contributed by atoms with Crippen molar-refractivity contribution in [3.63, 3.8) is 0 Å². The van der Waals surface area contributed by atoms with Crippen molar-refractivity contribution in [3.8, 4) is 0 Å². The molecule has 22 heavy (non-hydrogen) atoms. The van der Waals surface area contributed by atoms with E-state index in [2.05, 4.69) is 45.6 Å². The number of fused-ring (bicyclic) bond motifs is 2. The number of rotatable bonds is 9. The highest BCUT2D eigenvalue weighted by Gasteiger charge is 2.57. The Morgan fingerprint density at radius 1 is 1.27 bits per heavy atom. The monoisotopic (exact) mass is 320 g/mol. The van der Waals surface area contributed by atoms with E-state index in [1.165, 1.54) is 0 Å². The lowest BCUT2D eigenvalue weighted by molar-refractivity contribution is -0.00557. The summed E-state index contributed by atoms with van der Waals surface area (Å²) >= 11 is 1.79. The molecule has 6 atom stereocenters. The van der Waals surface area contributed by atoms with Gasteiger partial charge >= 0.3 is 0 Å². The summed E-state index contributed by atoms with van der Waals surface area (Å²) in [6.45, 7) is 18.9. The van der Waals surface area contributed by atoms with Crippen LogP contribution in [0.15, 0.2) is 50.0 Å². The van der Waals surface area contributed by atoms with Crippen LogP contribution >= 0.6 is 11.8 Å². The van der Waals surface area contributed by atoms with Gasteiger partial charge in [0.25, 0.3) is 0 Å². The quantitative estimate of drug-likeness (QED) is 0.266. The standard InChI is InChI=1S/C19H28O2S/c1-7-12(3)21-19-13(4)16-11-17(19)18(15(16)8-2)14(5)20-9-10-22-6/h7-8,13,15-19H,1-3,5,9-11H2,4,6H3. The van der Waals surface area contributed by atoms with Gasteiger partial charge in [-0.1, -0.05) is 32.7 Å². The molecule has 0 aliphatic heterocycles. The van der Waals surface area contributed by atoms with E-state index in [1.807, 2.05) is 0 Å². The molecule has 0 heterocycles. The molecule has 6 unspecified atom stereocenters. The fourth-order valence-electron chi connectivity index (χ4n) is 4.25. The highest BCUT2D eigenvalue weighted by atomic mass is 32.2. The molecule has 2 aliphatic carbocycles. The van der Waals surface area contributed by atoms with E-state index in [0.717, 1.165) is 24.5 Å². The lowest BCUT2D eigenvalue weighted by Gasteiger charge is -2.39. The number of allylic oxidation sites excluding steroid dienone is 3. The number of ether oxygens (including phenoxy) is 2. The minimum Gasteiger partial charge on any atom is -0.497 e. The highest BCUT2D eigenvalue weighted by molar-refractivity contribution is 7.98. The Hall–Kier alpha value is -1.09. The smallest absolute Gasteiger partial charge is 0.111 e. The van der Waals surface area contributed by atoms with Crippen molar-refractivity contribution < 1.29 is 9.47 Å². The summed E-state index contributed by atoms with van der Waals surface area (Å²) in [4.78, 5) is 0. The van der Waals surface area contributed by atoms with Crippen LogP contribution in [0, 0.1) is 29.6 Å². The van der Waals surface area contributed by atoms with E-state index < -0.39 is 0 Å². The van der Waals surface area contributed by atoms with E-state index in [0.29, 0.717) is 35.3 Å². The summed E-state index contributed by atoms with van der Waals surface area (Å²) in [6.07, 6.45) is 7.19. The zero-order valence-corrected chi connectivity index (χ0v) is 14.6. The minimum atomic E-state index is 0.178. The fourth-order valence-corrected chi connectivity index (χ4v) is 4.50. The van der Waals surface area contributed by atoms with Crippen LogP contribution in [0.3, 0.4) is 0 Å². The fraction of sp³-hybridized carbons (Fsp3) is 0.579. The molecule has 0 radical (unpaired) electrons. The Balaban J connectivity index is 2.11. The number of thioether (sulfide) groups is 1. The van der Waals surface area contributed by atoms with Gasteiger partial charge in [0.1, 0.15) is 11.9 Å². The molecule has 0 saturated heterocycles. The number of hydrogen-bond acceptors (Lipinski definition) is 3. The summed E-state index contributed by atoms with van der Waals surface area (Å²) < 4.78 is 12.0. The van der Waals surface area contributed by atoms with E-state index in [1.54, 1.807) is 17.8 Å². The van der Waals surface area contributed by atoms with Crippen LogP contribution in [0.1, 0.15) is 13.3 Å². The zero-order valence-electron chi connectivity index (χ0n) is 13.8. The third-order valence-corrected chi connectivity index (χ3v) is 5.84. The highest BCUT2D eigenvalue weighted by Crippen LogP contribution is 2.58. The molecule has 2 fully saturated rings. The van der Waals surface area contributed by atoms with Crippen molar-refractivity contribution >= 4 is 11.8 Å². The Kier molecular flexibility index (Phi) is 5.85. The molecule has 0 aromatic rings. The van der Waals surface area contributed by atoms with Crippen LogP contribution in [-0.4, -0.2) is 24.7 Å². The Bertz CT molecular complexity index is 456. The maximum Gasteiger partial charge on any atom is 0.111 e. The van der Waals surface area contributed by atoms with Crippen LogP contribution in [0.5, 0.6) is 0 Å². The van der Waals surface area contributed by atoms with E-state index in [9.17, 15) is 0 Å². The summed E-state index contributed by atoms with van der Waals surface area (Å²) in [7, 11) is 0. The maximum absolute atomic E-state index is 6.06. The van der Waals surface area contributed by atoms with Crippen molar-refractivity contribution in [2.75, 3.05) is 18.6 Å². The molecule has 122 valence electrons. The zero-order chi connectivity index (χ0) is 16.3. The summed E-state index contributed by atoms with van der Waals surface area (Å²) in [6, 6.07) is 0. The van der Waals surface area contributed by atoms with E-state index in [-0.39, 0.29) is 6.10 Å². The van der Waals surface area contributed by atoms with Crippen LogP contribution in [0.2, 0.25) is 0 Å². The van der Waals surface area contributed by atoms with Gasteiger partial charge in [0, 0.05) is 17.6 Å². The van der Waals surface area contributed by atoms with Gasteiger partial charge in [-0.15, -0.1) is 6.58 Å². The van der Waals surface area contributed by atoms with Gasteiger partial charge in [0.05, 0.1) is 12.4 Å². The Labute approximate surface area is 139 Å². The average Bonchev–Trinajstić information content (AvgIpc) is 3.03. The molecule has 0 spiro atoms. The first-order valence-corrected chi connectivity index (χ1v) is 9.35. The summed E-state index contributed by atoms with van der Waals surface area (Å²) in [5.41, 5.74) is 0. The van der Waals surface area contributed by atoms with Crippen molar-refractivity contribution in [2.45, 2.75) is 19.4 Å². The molecule has 2 nitrogen and oxygen atoms in total. The Morgan fingerprint density at radius 2 is 2.00 bits per heavy atom. The summed E-state index contributed by atoms with van der Waals surface area (Å²) in [5, 5.41) is 0. The first-order valence-electron chi connectivity index (χ1n) is 7.96. The molecular formula is C19H28O2S. The lowest BCUT2D eigenvalue weighted by Crippen LogP contribution is -2.39. The molecule has 0 aromatic carbocycles. The summed E-state index contributed by atoms with van der Waals surface area (Å²) in [5.74, 6) is 4.82. The molecule has 2 bridgehead atoms. The number of hydrogen-bond donors (Lipinski definition) is 0. The van der Waals surface area contributed by atoms with Gasteiger partial charge in [0.2, 0.25) is 0 Å². The van der Waals surface area contributed by atoms with Crippen LogP contribution in [0.25, 0.3) is 0 Å². The molecule has 2 rings (SSSR count). The normalized spacial score (nSPS) is 35.9. The van der Waals surface area contributed by atoms with Gasteiger partial charge in [-0.2, -0.15) is 11.8 Å². The first-order chi connectivity index (χ1) is 10.5. The van der Waals surface area contributed by atoms with Gasteiger partial charge in [-0.25, -0.2) is 0 Å². The second-order valence-electron chi connectivity index (χ2n) is 6.32. The predicted octanol–water partition coefficient (Wildman–Crippen LogP) is 4.67. The van der Waals surface area contributed by atoms with Crippen LogP contribution < -0.4 is 0 Å². The molecule has 3 heteroatoms. The second-order valence-corrected chi connectivity index (χ2v) is 7.31.